The van der Waals surface area contributed by atoms with Crippen LogP contribution < -0.4 is 15.4 Å². The predicted octanol–water partition coefficient (Wildman–Crippen LogP) is 1.79. The van der Waals surface area contributed by atoms with Gasteiger partial charge in [0.1, 0.15) is 6.61 Å². The van der Waals surface area contributed by atoms with Crippen LogP contribution in [0.25, 0.3) is 0 Å². The summed E-state index contributed by atoms with van der Waals surface area (Å²) in [5, 5.41) is 6.18. The number of nitrogens with one attached hydrogen (secondary N) is 2. The van der Waals surface area contributed by atoms with Crippen molar-refractivity contribution in [3.8, 4) is 5.75 Å². The van der Waals surface area contributed by atoms with Gasteiger partial charge in [-0.3, -0.25) is 4.79 Å². The molecule has 1 unspecified atom stereocenters. The number of hydrogen-bond acceptors (Lipinski definition) is 4. The van der Waals surface area contributed by atoms with Crippen LogP contribution in [-0.2, 0) is 4.74 Å². The molecule has 1 fully saturated rings. The molecule has 0 spiro atoms. The van der Waals surface area contributed by atoms with E-state index in [-0.39, 0.29) is 12.0 Å². The van der Waals surface area contributed by atoms with Crippen molar-refractivity contribution >= 4 is 11.6 Å². The molecule has 3 rings (SSSR count). The molecule has 2 heterocycles. The van der Waals surface area contributed by atoms with Gasteiger partial charge in [-0.1, -0.05) is 6.07 Å². The fourth-order valence-corrected chi connectivity index (χ4v) is 2.62. The fourth-order valence-electron chi connectivity index (χ4n) is 2.62. The summed E-state index contributed by atoms with van der Waals surface area (Å²) in [5.74, 6) is 0.556. The van der Waals surface area contributed by atoms with Gasteiger partial charge in [0.25, 0.3) is 5.91 Å². The van der Waals surface area contributed by atoms with Gasteiger partial charge in [-0.05, 0) is 31.4 Å². The summed E-state index contributed by atoms with van der Waals surface area (Å²) < 4.78 is 11.2. The van der Waals surface area contributed by atoms with Crippen LogP contribution in [0.2, 0.25) is 0 Å². The molecule has 0 radical (unpaired) electrons. The number of hydrogen-bond donors (Lipinski definition) is 2. The van der Waals surface area contributed by atoms with Crippen LogP contribution in [0.3, 0.4) is 0 Å². The highest BCUT2D eigenvalue weighted by atomic mass is 16.5. The Hall–Kier alpha value is -1.75. The van der Waals surface area contributed by atoms with Gasteiger partial charge in [0.2, 0.25) is 0 Å². The van der Waals surface area contributed by atoms with Gasteiger partial charge >= 0.3 is 0 Å². The van der Waals surface area contributed by atoms with Crippen LogP contribution in [-0.4, -0.2) is 38.3 Å². The standard InChI is InChI=1S/C15H20N2O3/c18-15(17-10-11-4-1-2-8-19-11)12-5-3-6-13-14(12)20-9-7-16-13/h3,5-6,11,16H,1-2,4,7-10H2,(H,17,18). The maximum atomic E-state index is 12.3. The number of carbonyl (C=O) groups excluding carboxylic acids is 1. The summed E-state index contributed by atoms with van der Waals surface area (Å²) in [6.45, 7) is 2.72. The van der Waals surface area contributed by atoms with Gasteiger partial charge in [0.15, 0.2) is 5.75 Å². The topological polar surface area (TPSA) is 59.6 Å². The summed E-state index contributed by atoms with van der Waals surface area (Å²) in [7, 11) is 0. The van der Waals surface area contributed by atoms with Gasteiger partial charge in [-0.15, -0.1) is 0 Å². The Morgan fingerprint density at radius 2 is 2.30 bits per heavy atom. The zero-order valence-electron chi connectivity index (χ0n) is 11.5. The maximum Gasteiger partial charge on any atom is 0.255 e. The molecule has 2 aliphatic heterocycles. The normalized spacial score (nSPS) is 21.3. The molecule has 2 N–H and O–H groups in total. The second-order valence-corrected chi connectivity index (χ2v) is 5.16. The van der Waals surface area contributed by atoms with Crippen LogP contribution in [0.15, 0.2) is 18.2 Å². The average Bonchev–Trinajstić information content (AvgIpc) is 2.53. The van der Waals surface area contributed by atoms with E-state index < -0.39 is 0 Å². The molecule has 0 aromatic heterocycles. The van der Waals surface area contributed by atoms with Crippen molar-refractivity contribution in [1.29, 1.82) is 0 Å². The number of benzene rings is 1. The number of para-hydroxylation sites is 1. The number of anilines is 1. The van der Waals surface area contributed by atoms with Crippen molar-refractivity contribution in [2.45, 2.75) is 25.4 Å². The average molecular weight is 276 g/mol. The summed E-state index contributed by atoms with van der Waals surface area (Å²) in [4.78, 5) is 12.3. The Labute approximate surface area is 118 Å². The minimum Gasteiger partial charge on any atom is -0.489 e. The van der Waals surface area contributed by atoms with Crippen LogP contribution in [0, 0.1) is 0 Å². The van der Waals surface area contributed by atoms with Crippen molar-refractivity contribution in [1.82, 2.24) is 5.32 Å². The Bertz CT molecular complexity index is 484. The third kappa shape index (κ3) is 2.88. The predicted molar refractivity (Wildman–Crippen MR) is 76.4 cm³/mol. The van der Waals surface area contributed by atoms with E-state index in [1.165, 1.54) is 6.42 Å². The van der Waals surface area contributed by atoms with Crippen LogP contribution in [0.5, 0.6) is 5.75 Å². The van der Waals surface area contributed by atoms with E-state index in [4.69, 9.17) is 9.47 Å². The molecule has 108 valence electrons. The minimum absolute atomic E-state index is 0.0975. The first-order valence-electron chi connectivity index (χ1n) is 7.24. The van der Waals surface area contributed by atoms with E-state index in [1.807, 2.05) is 12.1 Å². The van der Waals surface area contributed by atoms with Crippen LogP contribution in [0.4, 0.5) is 5.69 Å². The molecule has 0 bridgehead atoms. The van der Waals surface area contributed by atoms with Gasteiger partial charge in [-0.25, -0.2) is 0 Å². The molecule has 1 amide bonds. The lowest BCUT2D eigenvalue weighted by atomic mass is 10.1. The van der Waals surface area contributed by atoms with Crippen molar-refractivity contribution in [2.75, 3.05) is 31.6 Å². The Kier molecular flexibility index (Phi) is 4.06. The summed E-state index contributed by atoms with van der Waals surface area (Å²) in [6.07, 6.45) is 3.46. The van der Waals surface area contributed by atoms with Gasteiger partial charge < -0.3 is 20.1 Å². The van der Waals surface area contributed by atoms with Gasteiger partial charge in [0.05, 0.1) is 17.4 Å². The summed E-state index contributed by atoms with van der Waals surface area (Å²) in [6, 6.07) is 5.59. The number of fused-ring (bicyclic) bond motifs is 1. The molecule has 5 nitrogen and oxygen atoms in total. The fraction of sp³-hybridized carbons (Fsp3) is 0.533. The van der Waals surface area contributed by atoms with Crippen molar-refractivity contribution in [3.63, 3.8) is 0 Å². The highest BCUT2D eigenvalue weighted by molar-refractivity contribution is 5.99. The van der Waals surface area contributed by atoms with E-state index in [9.17, 15) is 4.79 Å². The van der Waals surface area contributed by atoms with Crippen LogP contribution in [0.1, 0.15) is 29.6 Å². The first-order chi connectivity index (χ1) is 9.84. The third-order valence-corrected chi connectivity index (χ3v) is 3.69. The van der Waals surface area contributed by atoms with E-state index >= 15 is 0 Å². The molecule has 1 saturated heterocycles. The lowest BCUT2D eigenvalue weighted by Crippen LogP contribution is -2.35. The Balaban J connectivity index is 1.64. The van der Waals surface area contributed by atoms with Crippen molar-refractivity contribution < 1.29 is 14.3 Å². The molecule has 0 aliphatic carbocycles. The molecule has 1 aromatic rings. The second kappa shape index (κ2) is 6.13. The van der Waals surface area contributed by atoms with E-state index in [0.29, 0.717) is 24.5 Å². The largest absolute Gasteiger partial charge is 0.489 e. The highest BCUT2D eigenvalue weighted by Crippen LogP contribution is 2.31. The lowest BCUT2D eigenvalue weighted by molar-refractivity contribution is 0.0168. The van der Waals surface area contributed by atoms with Gasteiger partial charge in [0, 0.05) is 19.7 Å². The molecule has 5 heteroatoms. The lowest BCUT2D eigenvalue weighted by Gasteiger charge is -2.24. The first-order valence-corrected chi connectivity index (χ1v) is 7.24. The van der Waals surface area contributed by atoms with Gasteiger partial charge in [-0.2, -0.15) is 0 Å². The molecule has 1 aromatic carbocycles. The summed E-state index contributed by atoms with van der Waals surface area (Å²) in [5.41, 5.74) is 1.48. The molecular formula is C15H20N2O3. The molecule has 0 saturated carbocycles. The Morgan fingerprint density at radius 1 is 1.35 bits per heavy atom. The van der Waals surface area contributed by atoms with Crippen molar-refractivity contribution in [3.05, 3.63) is 23.8 Å². The zero-order chi connectivity index (χ0) is 13.8. The van der Waals surface area contributed by atoms with E-state index in [2.05, 4.69) is 10.6 Å². The van der Waals surface area contributed by atoms with Crippen LogP contribution >= 0.6 is 0 Å². The first kappa shape index (κ1) is 13.2. The van der Waals surface area contributed by atoms with E-state index in [0.717, 1.165) is 31.7 Å². The highest BCUT2D eigenvalue weighted by Gasteiger charge is 2.20. The number of amides is 1. The number of carbonyl (C=O) groups is 1. The monoisotopic (exact) mass is 276 g/mol. The molecular weight excluding hydrogens is 256 g/mol. The third-order valence-electron chi connectivity index (χ3n) is 3.69. The maximum absolute atomic E-state index is 12.3. The SMILES string of the molecule is O=C(NCC1CCCCO1)c1cccc2c1OCCN2. The van der Waals surface area contributed by atoms with Crippen molar-refractivity contribution in [2.24, 2.45) is 0 Å². The molecule has 1 atom stereocenters. The zero-order valence-corrected chi connectivity index (χ0v) is 11.5. The number of ether oxygens (including phenoxy) is 2. The Morgan fingerprint density at radius 3 is 3.15 bits per heavy atom. The minimum atomic E-state index is -0.0975. The quantitative estimate of drug-likeness (QED) is 0.883. The smallest absolute Gasteiger partial charge is 0.255 e. The molecule has 2 aliphatic rings. The number of rotatable bonds is 3. The second-order valence-electron chi connectivity index (χ2n) is 5.16. The van der Waals surface area contributed by atoms with E-state index in [1.54, 1.807) is 6.07 Å². The molecule has 20 heavy (non-hydrogen) atoms. The summed E-state index contributed by atoms with van der Waals surface area (Å²) >= 11 is 0.